The maximum Gasteiger partial charge on any atom is 0.220 e. The fourth-order valence-electron chi connectivity index (χ4n) is 18.7. The SMILES string of the molecule is Cc1cc(C)c(C)c(-c2c3cc(C(C)C)ccc3cc[n+]2C)c1.Cc1cc(C)c(C)c(-c2c3cc(C)ccc3cc[n+]2C)c1.Cc1cc(C)c(C)c(-c2c3ccccc3cc[n+]2C)c1.Cc1cc(C)c(C)c(-c2ccc3c(C4CCCCC4)cccc3[n+]2C)c1.[2H]C([2H])([2H])c1cc(C)cc(-c2ccc3ccc(C4CCCCC4)cc3[n+]2C)c1C. The van der Waals surface area contributed by atoms with Crippen LogP contribution in [0.3, 0.4) is 0 Å². The number of aromatic nitrogens is 5. The molecule has 2 fully saturated rings. The van der Waals surface area contributed by atoms with E-state index in [0.29, 0.717) is 17.4 Å². The van der Waals surface area contributed by atoms with Gasteiger partial charge in [0.1, 0.15) is 35.2 Å². The lowest BCUT2D eigenvalue weighted by molar-refractivity contribution is -0.659. The van der Waals surface area contributed by atoms with Gasteiger partial charge in [0.25, 0.3) is 0 Å². The highest BCUT2D eigenvalue weighted by Crippen LogP contribution is 2.40. The van der Waals surface area contributed by atoms with Crippen molar-refractivity contribution in [1.82, 2.24) is 0 Å². The summed E-state index contributed by atoms with van der Waals surface area (Å²) in [5.74, 6) is 1.94. The summed E-state index contributed by atoms with van der Waals surface area (Å²) in [5.41, 5.74) is 39.4. The minimum atomic E-state index is -2.10. The third-order valence-electron chi connectivity index (χ3n) is 25.9. The maximum atomic E-state index is 7.92. The summed E-state index contributed by atoms with van der Waals surface area (Å²) in [6.45, 7) is 34.9. The predicted molar refractivity (Wildman–Crippen MR) is 494 cm³/mol. The standard InChI is InChI=1S/2C25H30N.C22H26N.C20H22N.C19H20N/c1-17-15-18(2)19(3)23(16-17)25-14-13-22-21(20-9-6-5-7-10-20)11-8-12-24(22)26(25)4;1-17-14-18(2)19(3)23(15-17)24-13-12-21-10-11-22(16-25(21)26(24)4)20-8-6-5-7-9-20;1-14(2)19-8-7-18-9-10-23(6)22(21(18)13-19)20-12-15(3)11-16(4)17(20)5;1-13-6-7-17-8-9-21(5)20(19(17)11-13)18-12-14(2)10-15(3)16(18)4;1-13-11-14(2)15(3)18(12-13)19-17-8-6-5-7-16(17)9-10-20(19)4/h8,11-16,20H,5-7,9-10H2,1-4H3;10-16,20H,5-9H2,1-4H3;7-14H,1-6H3;6-12H,1-5H3;5-12H,1-4H3/q5*+1/i;2D3;;;. The smallest absolute Gasteiger partial charge is 0.200 e. The van der Waals surface area contributed by atoms with Gasteiger partial charge in [-0.05, 0) is 309 Å². The Morgan fingerprint density at radius 3 is 1.22 bits per heavy atom. The van der Waals surface area contributed by atoms with Crippen LogP contribution in [0.5, 0.6) is 0 Å². The average molecular weight is 1540 g/mol. The minimum Gasteiger partial charge on any atom is -0.200 e. The first-order valence-electron chi connectivity index (χ1n) is 44.2. The van der Waals surface area contributed by atoms with Gasteiger partial charge in [0.05, 0.1) is 32.8 Å². The number of hydrogen-bond donors (Lipinski definition) is 0. The molecule has 0 N–H and O–H groups in total. The third kappa shape index (κ3) is 17.8. The number of fused-ring (bicyclic) bond motifs is 5. The molecular formula is C111H128N5+5. The molecule has 5 aromatic heterocycles. The van der Waals surface area contributed by atoms with Crippen molar-refractivity contribution in [3.63, 3.8) is 0 Å². The van der Waals surface area contributed by atoms with Gasteiger partial charge in [-0.3, -0.25) is 0 Å². The van der Waals surface area contributed by atoms with Crippen molar-refractivity contribution < 1.29 is 26.9 Å². The molecule has 17 rings (SSSR count). The van der Waals surface area contributed by atoms with Gasteiger partial charge in [0, 0.05) is 68.5 Å². The van der Waals surface area contributed by atoms with Crippen LogP contribution in [-0.2, 0) is 35.2 Å². The zero-order valence-corrected chi connectivity index (χ0v) is 73.8. The lowest BCUT2D eigenvalue weighted by atomic mass is 9.82. The summed E-state index contributed by atoms with van der Waals surface area (Å²) in [4.78, 5) is 0. The van der Waals surface area contributed by atoms with E-state index >= 15 is 0 Å². The Kier molecular flexibility index (Phi) is 24.4. The molecule has 592 valence electrons. The van der Waals surface area contributed by atoms with E-state index in [1.165, 1.54) is 247 Å². The van der Waals surface area contributed by atoms with Crippen LogP contribution in [0.25, 0.3) is 110 Å². The summed E-state index contributed by atoms with van der Waals surface area (Å²) in [5, 5.41) is 10.5. The van der Waals surface area contributed by atoms with E-state index in [-0.39, 0.29) is 0 Å². The highest BCUT2D eigenvalue weighted by Gasteiger charge is 2.27. The topological polar surface area (TPSA) is 19.4 Å². The van der Waals surface area contributed by atoms with Gasteiger partial charge in [-0.2, -0.15) is 9.13 Å². The Bertz CT molecular complexity index is 6330. The van der Waals surface area contributed by atoms with E-state index in [9.17, 15) is 0 Å². The van der Waals surface area contributed by atoms with Crippen molar-refractivity contribution in [3.8, 4) is 56.3 Å². The van der Waals surface area contributed by atoms with Crippen LogP contribution in [0, 0.1) is 111 Å². The molecule has 0 atom stereocenters. The van der Waals surface area contributed by atoms with Crippen molar-refractivity contribution in [1.29, 1.82) is 0 Å². The largest absolute Gasteiger partial charge is 0.220 e. The van der Waals surface area contributed by atoms with Crippen LogP contribution in [0.2, 0.25) is 0 Å². The molecule has 5 heteroatoms. The number of nitrogens with zero attached hydrogens (tertiary/aromatic N) is 5. The van der Waals surface area contributed by atoms with Crippen LogP contribution in [0.1, 0.15) is 206 Å². The summed E-state index contributed by atoms with van der Waals surface area (Å²) < 4.78 is 35.1. The van der Waals surface area contributed by atoms with Crippen LogP contribution in [0.4, 0.5) is 0 Å². The second-order valence-electron chi connectivity index (χ2n) is 34.8. The molecule has 2 saturated carbocycles. The van der Waals surface area contributed by atoms with Gasteiger partial charge in [-0.15, -0.1) is 0 Å². The number of pyridine rings is 5. The molecule has 0 aliphatic heterocycles. The second-order valence-corrected chi connectivity index (χ2v) is 34.8. The third-order valence-corrected chi connectivity index (χ3v) is 25.9. The molecule has 0 bridgehead atoms. The Balaban J connectivity index is 0.000000130. The van der Waals surface area contributed by atoms with E-state index in [1.54, 1.807) is 11.6 Å². The van der Waals surface area contributed by atoms with Gasteiger partial charge < -0.3 is 0 Å². The second kappa shape index (κ2) is 35.8. The number of rotatable bonds is 8. The zero-order valence-electron chi connectivity index (χ0n) is 76.8. The van der Waals surface area contributed by atoms with Crippen molar-refractivity contribution in [2.75, 3.05) is 0 Å². The van der Waals surface area contributed by atoms with E-state index < -0.39 is 6.85 Å². The molecule has 5 nitrogen and oxygen atoms in total. The van der Waals surface area contributed by atoms with Gasteiger partial charge in [0.15, 0.2) is 18.6 Å². The van der Waals surface area contributed by atoms with Crippen molar-refractivity contribution in [3.05, 3.63) is 324 Å². The summed E-state index contributed by atoms with van der Waals surface area (Å²) in [6, 6.07) is 73.7. The Labute approximate surface area is 699 Å². The lowest BCUT2D eigenvalue weighted by Gasteiger charge is -2.23. The van der Waals surface area contributed by atoms with E-state index in [0.717, 1.165) is 28.3 Å². The van der Waals surface area contributed by atoms with Gasteiger partial charge in [-0.25, -0.2) is 13.7 Å². The number of aryl methyl sites for hydroxylation is 16. The lowest BCUT2D eigenvalue weighted by Crippen LogP contribution is -2.32. The molecule has 0 saturated heterocycles. The van der Waals surface area contributed by atoms with Crippen molar-refractivity contribution >= 4 is 54.1 Å². The molecule has 0 unspecified atom stereocenters. The number of benzene rings is 10. The fourth-order valence-corrected chi connectivity index (χ4v) is 18.7. The van der Waals surface area contributed by atoms with Crippen LogP contribution < -0.4 is 22.8 Å². The van der Waals surface area contributed by atoms with Crippen molar-refractivity contribution in [2.24, 2.45) is 35.2 Å². The Morgan fingerprint density at radius 2 is 0.707 bits per heavy atom. The first kappa shape index (κ1) is 79.1. The molecule has 5 heterocycles. The quantitative estimate of drug-likeness (QED) is 0.135. The van der Waals surface area contributed by atoms with Crippen molar-refractivity contribution in [2.45, 2.75) is 207 Å². The van der Waals surface area contributed by atoms with Crippen LogP contribution in [0.15, 0.2) is 219 Å². The predicted octanol–water partition coefficient (Wildman–Crippen LogP) is 26.8. The van der Waals surface area contributed by atoms with E-state index in [1.807, 2.05) is 13.8 Å². The zero-order chi connectivity index (χ0) is 85.2. The highest BCUT2D eigenvalue weighted by atomic mass is 15.0. The molecule has 2 aliphatic carbocycles. The van der Waals surface area contributed by atoms with Gasteiger partial charge in [-0.1, -0.05) is 177 Å². The maximum absolute atomic E-state index is 7.92. The average Bonchev–Trinajstić information content (AvgIpc) is 0.779. The fraction of sp³-hybridized carbons (Fsp3) is 0.324. The molecule has 2 aliphatic rings. The molecule has 0 spiro atoms. The van der Waals surface area contributed by atoms with Gasteiger partial charge in [0.2, 0.25) is 39.5 Å². The summed E-state index contributed by atoms with van der Waals surface area (Å²) >= 11 is 0. The molecular weight excluding hydrogens is 1400 g/mol. The number of hydrogen-bond acceptors (Lipinski definition) is 0. The minimum absolute atomic E-state index is 0.448. The van der Waals surface area contributed by atoms with Crippen LogP contribution in [-0.4, -0.2) is 0 Å². The Hall–Kier alpha value is -10.8. The van der Waals surface area contributed by atoms with Gasteiger partial charge >= 0.3 is 0 Å². The molecule has 116 heavy (non-hydrogen) atoms. The van der Waals surface area contributed by atoms with Crippen LogP contribution >= 0.6 is 0 Å². The molecule has 15 aromatic rings. The normalized spacial score (nSPS) is 13.6. The van der Waals surface area contributed by atoms with E-state index in [2.05, 4.69) is 375 Å². The molecule has 10 aromatic carbocycles. The summed E-state index contributed by atoms with van der Waals surface area (Å²) in [7, 11) is 10.7. The summed E-state index contributed by atoms with van der Waals surface area (Å²) in [6.07, 6.45) is 19.9. The molecule has 0 amide bonds. The van der Waals surface area contributed by atoms with E-state index in [4.69, 9.17) is 4.11 Å². The molecule has 0 radical (unpaired) electrons. The Morgan fingerprint density at radius 1 is 0.302 bits per heavy atom. The monoisotopic (exact) mass is 1530 g/mol. The highest BCUT2D eigenvalue weighted by molar-refractivity contribution is 5.97. The first-order valence-corrected chi connectivity index (χ1v) is 42.7. The first-order chi connectivity index (χ1) is 56.7.